The van der Waals surface area contributed by atoms with E-state index in [0.717, 1.165) is 32.4 Å². The van der Waals surface area contributed by atoms with Gasteiger partial charge in [0.1, 0.15) is 5.60 Å². The zero-order valence-corrected chi connectivity index (χ0v) is 19.6. The van der Waals surface area contributed by atoms with Gasteiger partial charge in [0.05, 0.1) is 12.9 Å². The number of rotatable bonds is 11. The van der Waals surface area contributed by atoms with Crippen molar-refractivity contribution in [2.75, 3.05) is 19.6 Å². The van der Waals surface area contributed by atoms with Crippen molar-refractivity contribution in [2.45, 2.75) is 78.5 Å². The van der Waals surface area contributed by atoms with E-state index in [9.17, 15) is 14.7 Å². The molecule has 0 fully saturated rings. The van der Waals surface area contributed by atoms with Gasteiger partial charge < -0.3 is 9.67 Å². The topological polar surface area (TPSA) is 85.3 Å². The molecule has 2 rings (SSSR count). The van der Waals surface area contributed by atoms with Crippen molar-refractivity contribution in [3.63, 3.8) is 0 Å². The predicted octanol–water partition coefficient (Wildman–Crippen LogP) is 1.96. The van der Waals surface area contributed by atoms with Crippen LogP contribution in [-0.2, 0) is 20.1 Å². The van der Waals surface area contributed by atoms with Crippen molar-refractivity contribution in [1.29, 1.82) is 0 Å². The number of aromatic nitrogens is 4. The highest BCUT2D eigenvalue weighted by Crippen LogP contribution is 2.14. The molecule has 172 valence electrons. The van der Waals surface area contributed by atoms with Crippen LogP contribution in [0.25, 0.3) is 11.2 Å². The van der Waals surface area contributed by atoms with E-state index in [4.69, 9.17) is 0 Å². The van der Waals surface area contributed by atoms with Gasteiger partial charge in [0.15, 0.2) is 11.2 Å². The van der Waals surface area contributed by atoms with Gasteiger partial charge in [0, 0.05) is 20.1 Å². The molecule has 0 aliphatic heterocycles. The Hall–Kier alpha value is -2.37. The molecular weight excluding hydrogens is 394 g/mol. The van der Waals surface area contributed by atoms with Gasteiger partial charge in [0.25, 0.3) is 5.56 Å². The second kappa shape index (κ2) is 11.3. The fraction of sp³-hybridized carbons (Fsp3) is 0.696. The number of aryl methyl sites for hydroxylation is 2. The number of nitrogens with zero attached hydrogens (tertiary/aromatic N) is 5. The Balaban J connectivity index is 1.97. The van der Waals surface area contributed by atoms with Gasteiger partial charge in [0.2, 0.25) is 0 Å². The molecule has 1 unspecified atom stereocenters. The van der Waals surface area contributed by atoms with Gasteiger partial charge in [-0.25, -0.2) is 9.78 Å². The summed E-state index contributed by atoms with van der Waals surface area (Å²) in [5, 5.41) is 10.5. The highest BCUT2D eigenvalue weighted by atomic mass is 16.3. The second-order valence-electron chi connectivity index (χ2n) is 8.26. The van der Waals surface area contributed by atoms with Gasteiger partial charge in [-0.2, -0.15) is 0 Å². The molecule has 0 aliphatic rings. The summed E-state index contributed by atoms with van der Waals surface area (Å²) in [6.07, 6.45) is 5.33. The lowest BCUT2D eigenvalue weighted by molar-refractivity contribution is 0.108. The Morgan fingerprint density at radius 2 is 1.84 bits per heavy atom. The molecule has 0 aliphatic carbocycles. The molecule has 8 nitrogen and oxygen atoms in total. The van der Waals surface area contributed by atoms with Gasteiger partial charge in [-0.1, -0.05) is 39.0 Å². The minimum Gasteiger partial charge on any atom is -0.378 e. The molecule has 2 aromatic heterocycles. The minimum absolute atomic E-state index is 0.279. The molecule has 2 heterocycles. The van der Waals surface area contributed by atoms with Crippen molar-refractivity contribution >= 4 is 11.2 Å². The molecule has 31 heavy (non-hydrogen) atoms. The molecule has 0 spiro atoms. The van der Waals surface area contributed by atoms with Crippen LogP contribution >= 0.6 is 0 Å². The Labute approximate surface area is 184 Å². The molecule has 0 radical (unpaired) electrons. The molecule has 0 saturated carbocycles. The smallest absolute Gasteiger partial charge is 0.332 e. The summed E-state index contributed by atoms with van der Waals surface area (Å²) in [6, 6.07) is 0. The first-order valence-corrected chi connectivity index (χ1v) is 11.3. The highest BCUT2D eigenvalue weighted by Gasteiger charge is 2.17. The van der Waals surface area contributed by atoms with Crippen LogP contribution in [0, 0.1) is 11.8 Å². The summed E-state index contributed by atoms with van der Waals surface area (Å²) in [5.74, 6) is 6.05. The van der Waals surface area contributed by atoms with Gasteiger partial charge >= 0.3 is 5.69 Å². The Morgan fingerprint density at radius 1 is 1.13 bits per heavy atom. The summed E-state index contributed by atoms with van der Waals surface area (Å²) in [7, 11) is 1.65. The van der Waals surface area contributed by atoms with Gasteiger partial charge in [-0.3, -0.25) is 18.8 Å². The lowest BCUT2D eigenvalue weighted by atomic mass is 9.99. The maximum atomic E-state index is 12.9. The zero-order valence-electron chi connectivity index (χ0n) is 19.6. The van der Waals surface area contributed by atoms with Crippen LogP contribution in [0.2, 0.25) is 0 Å². The molecular formula is C23H37N5O3. The quantitative estimate of drug-likeness (QED) is 0.434. The molecule has 0 bridgehead atoms. The van der Waals surface area contributed by atoms with Crippen molar-refractivity contribution in [1.82, 2.24) is 23.6 Å². The van der Waals surface area contributed by atoms with Crippen molar-refractivity contribution in [2.24, 2.45) is 7.05 Å². The predicted molar refractivity (Wildman–Crippen MR) is 124 cm³/mol. The Kier molecular flexibility index (Phi) is 9.08. The third-order valence-corrected chi connectivity index (χ3v) is 5.67. The summed E-state index contributed by atoms with van der Waals surface area (Å²) in [6.45, 7) is 11.6. The molecule has 8 heteroatoms. The number of hydrogen-bond acceptors (Lipinski definition) is 5. The first-order valence-electron chi connectivity index (χ1n) is 11.3. The third kappa shape index (κ3) is 6.31. The summed E-state index contributed by atoms with van der Waals surface area (Å²) < 4.78 is 4.57. The van der Waals surface area contributed by atoms with E-state index in [2.05, 4.69) is 35.6 Å². The van der Waals surface area contributed by atoms with E-state index in [1.807, 2.05) is 11.5 Å². The number of imidazole rings is 1. The maximum absolute atomic E-state index is 12.9. The fourth-order valence-electron chi connectivity index (χ4n) is 3.70. The lowest BCUT2D eigenvalue weighted by Gasteiger charge is -2.17. The number of aliphatic hydroxyl groups is 1. The van der Waals surface area contributed by atoms with E-state index in [1.54, 1.807) is 20.3 Å². The minimum atomic E-state index is -1.02. The maximum Gasteiger partial charge on any atom is 0.332 e. The van der Waals surface area contributed by atoms with E-state index >= 15 is 0 Å². The zero-order chi connectivity index (χ0) is 23.0. The second-order valence-corrected chi connectivity index (χ2v) is 8.26. The molecule has 2 aromatic rings. The van der Waals surface area contributed by atoms with E-state index in [1.165, 1.54) is 9.13 Å². The van der Waals surface area contributed by atoms with E-state index < -0.39 is 5.60 Å². The summed E-state index contributed by atoms with van der Waals surface area (Å²) >= 11 is 0. The largest absolute Gasteiger partial charge is 0.378 e. The molecule has 1 atom stereocenters. The average molecular weight is 432 g/mol. The average Bonchev–Trinajstić information content (AvgIpc) is 3.16. The van der Waals surface area contributed by atoms with Crippen LogP contribution in [-0.4, -0.2) is 53.9 Å². The Morgan fingerprint density at radius 3 is 2.48 bits per heavy atom. The third-order valence-electron chi connectivity index (χ3n) is 5.67. The molecule has 0 amide bonds. The van der Waals surface area contributed by atoms with Crippen LogP contribution in [0.15, 0.2) is 15.9 Å². The Bertz CT molecular complexity index is 1030. The van der Waals surface area contributed by atoms with Crippen LogP contribution in [0.3, 0.4) is 0 Å². The van der Waals surface area contributed by atoms with Crippen molar-refractivity contribution < 1.29 is 5.11 Å². The summed E-state index contributed by atoms with van der Waals surface area (Å²) in [5.41, 5.74) is -0.729. The molecule has 1 N–H and O–H groups in total. The van der Waals surface area contributed by atoms with Gasteiger partial charge in [-0.05, 0) is 45.7 Å². The molecule has 0 aromatic carbocycles. The lowest BCUT2D eigenvalue weighted by Crippen LogP contribution is -2.39. The fourth-order valence-corrected chi connectivity index (χ4v) is 3.70. The summed E-state index contributed by atoms with van der Waals surface area (Å²) in [4.78, 5) is 32.0. The first-order chi connectivity index (χ1) is 14.8. The van der Waals surface area contributed by atoms with E-state index in [0.29, 0.717) is 43.6 Å². The van der Waals surface area contributed by atoms with Crippen LogP contribution in [0.1, 0.15) is 59.8 Å². The van der Waals surface area contributed by atoms with Crippen LogP contribution in [0.4, 0.5) is 0 Å². The van der Waals surface area contributed by atoms with Crippen molar-refractivity contribution in [3.8, 4) is 11.8 Å². The number of fused-ring (bicyclic) bond motifs is 1. The number of unbranched alkanes of at least 4 members (excludes halogenated alkanes) is 2. The first kappa shape index (κ1) is 24.9. The highest BCUT2D eigenvalue weighted by molar-refractivity contribution is 5.69. The normalized spacial score (nSPS) is 13.4. The van der Waals surface area contributed by atoms with Crippen LogP contribution in [0.5, 0.6) is 0 Å². The van der Waals surface area contributed by atoms with Crippen molar-refractivity contribution in [3.05, 3.63) is 27.2 Å². The van der Waals surface area contributed by atoms with E-state index in [-0.39, 0.29) is 11.2 Å². The standard InChI is InChI=1S/C23H37N5O3/c1-6-15-27-18-24-20-19(27)21(29)28(22(30)25(20)5)17-11-9-10-13-23(4,31)14-12-16-26(7-2)8-3/h18,31H,6-11,13,15-17H2,1-5H3. The number of hydrogen-bond donors (Lipinski definition) is 1. The van der Waals surface area contributed by atoms with Crippen LogP contribution < -0.4 is 11.2 Å². The molecule has 0 saturated heterocycles. The SMILES string of the molecule is CCCn1cnc2c1c(=O)n(CCCCCC(C)(O)C#CCN(CC)CC)c(=O)n2C. The van der Waals surface area contributed by atoms with Gasteiger partial charge in [-0.15, -0.1) is 0 Å². The monoisotopic (exact) mass is 431 g/mol.